The van der Waals surface area contributed by atoms with Crippen LogP contribution in [-0.2, 0) is 11.4 Å². The largest absolute Gasteiger partial charge is 0.491 e. The van der Waals surface area contributed by atoms with Gasteiger partial charge in [-0.2, -0.15) is 0 Å². The summed E-state index contributed by atoms with van der Waals surface area (Å²) >= 11 is 6.43. The summed E-state index contributed by atoms with van der Waals surface area (Å²) in [6, 6.07) is 16.1. The number of aliphatic hydroxyl groups is 2. The van der Waals surface area contributed by atoms with E-state index in [1.165, 1.54) is 6.33 Å². The number of carboxylic acids is 1. The van der Waals surface area contributed by atoms with Crippen molar-refractivity contribution in [2.24, 2.45) is 0 Å². The third-order valence-corrected chi connectivity index (χ3v) is 5.60. The van der Waals surface area contributed by atoms with Gasteiger partial charge in [-0.25, -0.2) is 9.97 Å². The molecule has 4 N–H and O–H groups in total. The van der Waals surface area contributed by atoms with E-state index in [0.29, 0.717) is 45.5 Å². The number of aromatic nitrogens is 3. The van der Waals surface area contributed by atoms with Crippen LogP contribution < -0.4 is 14.8 Å². The summed E-state index contributed by atoms with van der Waals surface area (Å²) in [4.78, 5) is 23.5. The summed E-state index contributed by atoms with van der Waals surface area (Å²) in [6.45, 7) is 0.175. The summed E-state index contributed by atoms with van der Waals surface area (Å²) in [7, 11) is 0. The zero-order valence-electron chi connectivity index (χ0n) is 19.6. The van der Waals surface area contributed by atoms with E-state index in [0.717, 1.165) is 5.69 Å². The zero-order valence-corrected chi connectivity index (χ0v) is 20.4. The molecule has 0 amide bonds. The number of aliphatic carboxylic acids is 1. The third-order valence-electron chi connectivity index (χ3n) is 5.30. The number of rotatable bonds is 12. The third kappa shape index (κ3) is 7.50. The number of ether oxygens (including phenoxy) is 2. The van der Waals surface area contributed by atoms with Crippen LogP contribution in [0.1, 0.15) is 18.5 Å². The van der Waals surface area contributed by atoms with Crippen LogP contribution in [0.3, 0.4) is 0 Å². The topological polar surface area (TPSA) is 147 Å². The summed E-state index contributed by atoms with van der Waals surface area (Å²) in [6.07, 6.45) is 0.389. The fraction of sp³-hybridized carbons (Fsp3) is 0.231. The van der Waals surface area contributed by atoms with E-state index in [9.17, 15) is 15.0 Å². The number of nitrogens with zero attached hydrogens (tertiary/aromatic N) is 3. The molecule has 0 saturated heterocycles. The molecule has 2 heterocycles. The van der Waals surface area contributed by atoms with Gasteiger partial charge in [0.2, 0.25) is 0 Å². The fourth-order valence-electron chi connectivity index (χ4n) is 3.55. The monoisotopic (exact) mass is 524 g/mol. The molecule has 37 heavy (non-hydrogen) atoms. The van der Waals surface area contributed by atoms with Gasteiger partial charge in [0.15, 0.2) is 0 Å². The highest BCUT2D eigenvalue weighted by Crippen LogP contribution is 2.31. The molecule has 192 valence electrons. The van der Waals surface area contributed by atoms with Gasteiger partial charge in [0.05, 0.1) is 34.9 Å². The maximum absolute atomic E-state index is 10.7. The molecule has 4 rings (SSSR count). The Morgan fingerprint density at radius 3 is 2.62 bits per heavy atom. The lowest BCUT2D eigenvalue weighted by Crippen LogP contribution is -2.25. The highest BCUT2D eigenvalue weighted by molar-refractivity contribution is 6.32. The molecule has 0 aliphatic carbocycles. The molecular formula is C26H25ClN4O6. The average molecular weight is 525 g/mol. The molecule has 10 nitrogen and oxygen atoms in total. The zero-order chi connectivity index (χ0) is 26.2. The molecule has 0 spiro atoms. The van der Waals surface area contributed by atoms with Crippen molar-refractivity contribution in [1.29, 1.82) is 0 Å². The van der Waals surface area contributed by atoms with Crippen molar-refractivity contribution in [3.63, 3.8) is 0 Å². The van der Waals surface area contributed by atoms with Gasteiger partial charge in [-0.15, -0.1) is 0 Å². The predicted octanol–water partition coefficient (Wildman–Crippen LogP) is 3.97. The van der Waals surface area contributed by atoms with E-state index in [1.54, 1.807) is 36.5 Å². The second-order valence-electron chi connectivity index (χ2n) is 8.23. The summed E-state index contributed by atoms with van der Waals surface area (Å²) < 4.78 is 11.4. The molecule has 0 bridgehead atoms. The Balaban J connectivity index is 1.42. The van der Waals surface area contributed by atoms with Crippen molar-refractivity contribution in [2.75, 3.05) is 11.9 Å². The second-order valence-corrected chi connectivity index (χ2v) is 8.64. The molecule has 0 radical (unpaired) electrons. The van der Waals surface area contributed by atoms with Crippen molar-refractivity contribution in [1.82, 2.24) is 15.0 Å². The number of carboxylic acid groups (broad SMARTS) is 1. The lowest BCUT2D eigenvalue weighted by Gasteiger charge is -2.16. The van der Waals surface area contributed by atoms with Gasteiger partial charge in [0.1, 0.15) is 36.9 Å². The average Bonchev–Trinajstić information content (AvgIpc) is 2.87. The molecule has 2 atom stereocenters. The van der Waals surface area contributed by atoms with E-state index >= 15 is 0 Å². The van der Waals surface area contributed by atoms with Crippen LogP contribution in [0, 0.1) is 0 Å². The minimum absolute atomic E-state index is 0.113. The minimum Gasteiger partial charge on any atom is -0.491 e. The van der Waals surface area contributed by atoms with Crippen molar-refractivity contribution < 1.29 is 29.6 Å². The number of nitrogens with one attached hydrogen (secondary N) is 1. The van der Waals surface area contributed by atoms with Gasteiger partial charge in [0.25, 0.3) is 0 Å². The Bertz CT molecular complexity index is 1360. The quantitative estimate of drug-likeness (QED) is 0.214. The maximum atomic E-state index is 10.7. The van der Waals surface area contributed by atoms with E-state index < -0.39 is 24.6 Å². The first-order chi connectivity index (χ1) is 17.9. The number of benzene rings is 2. The molecule has 0 aliphatic rings. The molecule has 0 saturated carbocycles. The van der Waals surface area contributed by atoms with Gasteiger partial charge in [0, 0.05) is 23.7 Å². The van der Waals surface area contributed by atoms with E-state index in [4.69, 9.17) is 26.2 Å². The highest BCUT2D eigenvalue weighted by Gasteiger charge is 2.16. The van der Waals surface area contributed by atoms with Gasteiger partial charge in [-0.1, -0.05) is 17.7 Å². The molecule has 0 fully saturated rings. The molecule has 2 aromatic carbocycles. The second kappa shape index (κ2) is 12.3. The first kappa shape index (κ1) is 26.1. The number of aliphatic hydroxyl groups excluding tert-OH is 2. The molecule has 4 aromatic rings. The fourth-order valence-corrected chi connectivity index (χ4v) is 3.79. The van der Waals surface area contributed by atoms with Crippen molar-refractivity contribution >= 4 is 40.0 Å². The Kier molecular flexibility index (Phi) is 8.68. The molecule has 0 aliphatic heterocycles. The summed E-state index contributed by atoms with van der Waals surface area (Å²) in [5, 5.41) is 32.8. The van der Waals surface area contributed by atoms with Gasteiger partial charge in [-0.05, 0) is 48.5 Å². The van der Waals surface area contributed by atoms with Crippen molar-refractivity contribution in [3.05, 3.63) is 77.8 Å². The van der Waals surface area contributed by atoms with Crippen LogP contribution in [0.15, 0.2) is 67.1 Å². The van der Waals surface area contributed by atoms with E-state index in [2.05, 4.69) is 20.3 Å². The number of hydrogen-bond donors (Lipinski definition) is 4. The SMILES string of the molecule is O=C(O)C[C@H](O)C[C@H](O)COc1ccc2ncnc(Nc3ccc(OCc4ccccn4)c(Cl)c3)c2c1. The predicted molar refractivity (Wildman–Crippen MR) is 137 cm³/mol. The number of fused-ring (bicyclic) bond motifs is 1. The highest BCUT2D eigenvalue weighted by atomic mass is 35.5. The first-order valence-electron chi connectivity index (χ1n) is 11.4. The molecule has 11 heteroatoms. The smallest absolute Gasteiger partial charge is 0.305 e. The lowest BCUT2D eigenvalue weighted by atomic mass is 10.1. The van der Waals surface area contributed by atoms with E-state index in [1.807, 2.05) is 24.3 Å². The number of halogens is 1. The number of anilines is 2. The molecule has 0 unspecified atom stereocenters. The van der Waals surface area contributed by atoms with Gasteiger partial charge >= 0.3 is 5.97 Å². The Morgan fingerprint density at radius 1 is 1.00 bits per heavy atom. The molecule has 2 aromatic heterocycles. The van der Waals surface area contributed by atoms with Crippen LogP contribution in [0.25, 0.3) is 10.9 Å². The van der Waals surface area contributed by atoms with Crippen LogP contribution >= 0.6 is 11.6 Å². The van der Waals surface area contributed by atoms with Crippen LogP contribution in [-0.4, -0.2) is 55.1 Å². The number of carbonyl (C=O) groups is 1. The van der Waals surface area contributed by atoms with Crippen molar-refractivity contribution in [3.8, 4) is 11.5 Å². The maximum Gasteiger partial charge on any atom is 0.305 e. The van der Waals surface area contributed by atoms with Gasteiger partial charge < -0.3 is 30.1 Å². The van der Waals surface area contributed by atoms with Crippen molar-refractivity contribution in [2.45, 2.75) is 31.7 Å². The Hall–Kier alpha value is -3.99. The van der Waals surface area contributed by atoms with Gasteiger partial charge in [-0.3, -0.25) is 9.78 Å². The summed E-state index contributed by atoms with van der Waals surface area (Å²) in [5.41, 5.74) is 2.14. The number of pyridine rings is 1. The molecular weight excluding hydrogens is 500 g/mol. The van der Waals surface area contributed by atoms with Crippen LogP contribution in [0.2, 0.25) is 5.02 Å². The lowest BCUT2D eigenvalue weighted by molar-refractivity contribution is -0.139. The minimum atomic E-state index is -1.16. The Morgan fingerprint density at radius 2 is 1.86 bits per heavy atom. The van der Waals surface area contributed by atoms with E-state index in [-0.39, 0.29) is 13.0 Å². The van der Waals surface area contributed by atoms with Crippen LogP contribution in [0.5, 0.6) is 11.5 Å². The number of hydrogen-bond acceptors (Lipinski definition) is 9. The normalized spacial score (nSPS) is 12.6. The Labute approximate surface area is 217 Å². The summed E-state index contributed by atoms with van der Waals surface area (Å²) in [5.74, 6) is 0.357. The first-order valence-corrected chi connectivity index (χ1v) is 11.8. The standard InChI is InChI=1S/C26H25ClN4O6/c27-22-9-16(4-7-24(22)37-13-17-3-1-2-8-28-17)31-26-21-12-20(5-6-23(21)29-15-30-26)36-14-19(33)10-18(32)11-25(34)35/h1-9,12,15,18-19,32-33H,10-11,13-14H2,(H,34,35)(H,29,30,31)/t18-,19+/m1/s1. The van der Waals surface area contributed by atoms with Crippen LogP contribution in [0.4, 0.5) is 11.5 Å².